The van der Waals surface area contributed by atoms with E-state index in [1.165, 1.54) is 11.3 Å². The fourth-order valence-electron chi connectivity index (χ4n) is 4.58. The van der Waals surface area contributed by atoms with Crippen LogP contribution in [0.2, 0.25) is 0 Å². The molecule has 5 rings (SSSR count). The number of carbonyl (C=O) groups excluding carboxylic acids is 1. The highest BCUT2D eigenvalue weighted by molar-refractivity contribution is 7.93. The molecule has 1 atom stereocenters. The van der Waals surface area contributed by atoms with Crippen molar-refractivity contribution in [3.63, 3.8) is 0 Å². The number of hydrogen-bond acceptors (Lipinski definition) is 7. The Kier molecular flexibility index (Phi) is 6.64. The molecule has 1 heterocycles. The number of carbonyl (C=O) groups is 1. The van der Waals surface area contributed by atoms with Crippen LogP contribution < -0.4 is 9.84 Å². The van der Waals surface area contributed by atoms with Gasteiger partial charge >= 0.3 is 0 Å². The van der Waals surface area contributed by atoms with Crippen molar-refractivity contribution in [3.8, 4) is 17.0 Å². The van der Waals surface area contributed by atoms with Gasteiger partial charge < -0.3 is 14.6 Å². The zero-order valence-corrected chi connectivity index (χ0v) is 21.2. The number of carboxylic acids is 1. The third-order valence-electron chi connectivity index (χ3n) is 6.33. The zero-order valence-electron chi connectivity index (χ0n) is 19.6. The van der Waals surface area contributed by atoms with Crippen molar-refractivity contribution in [3.05, 3.63) is 100 Å². The van der Waals surface area contributed by atoms with Crippen LogP contribution in [0.15, 0.2) is 83.2 Å². The largest absolute Gasteiger partial charge is 0.546 e. The molecule has 1 aliphatic rings. The molecular weight excluding hydrogens is 494 g/mol. The minimum atomic E-state index is -3.86. The lowest BCUT2D eigenvalue weighted by atomic mass is 9.92. The second-order valence-corrected chi connectivity index (χ2v) is 11.9. The van der Waals surface area contributed by atoms with E-state index in [0.29, 0.717) is 35.4 Å². The van der Waals surface area contributed by atoms with Crippen molar-refractivity contribution >= 4 is 27.1 Å². The Morgan fingerprint density at radius 1 is 0.972 bits per heavy atom. The number of aryl methyl sites for hydroxylation is 1. The summed E-state index contributed by atoms with van der Waals surface area (Å²) in [5, 5.41) is 10.5. The number of thiazole rings is 1. The quantitative estimate of drug-likeness (QED) is 0.344. The minimum Gasteiger partial charge on any atom is -0.546 e. The topological polar surface area (TPSA) is 96.4 Å². The predicted octanol–water partition coefficient (Wildman–Crippen LogP) is 4.38. The van der Waals surface area contributed by atoms with E-state index in [1.54, 1.807) is 19.1 Å². The molecule has 0 spiro atoms. The number of sulfone groups is 1. The molecule has 6 nitrogen and oxygen atoms in total. The lowest BCUT2D eigenvalue weighted by molar-refractivity contribution is -0.313. The zero-order chi connectivity index (χ0) is 25.3. The number of carboxylic acid groups (broad SMARTS) is 1. The monoisotopic (exact) mass is 518 g/mol. The Labute approximate surface area is 214 Å². The highest BCUT2D eigenvalue weighted by atomic mass is 32.2. The van der Waals surface area contributed by atoms with Gasteiger partial charge in [-0.25, -0.2) is 13.4 Å². The number of aromatic nitrogens is 1. The molecule has 0 aliphatic heterocycles. The summed E-state index contributed by atoms with van der Waals surface area (Å²) in [6.45, 7) is 1.72. The van der Waals surface area contributed by atoms with Gasteiger partial charge in [0, 0.05) is 16.0 Å². The number of fused-ring (bicyclic) bond motifs is 3. The first kappa shape index (κ1) is 24.2. The Hall–Kier alpha value is -3.49. The van der Waals surface area contributed by atoms with Crippen LogP contribution in [0.3, 0.4) is 0 Å². The SMILES string of the molecule is CCC(Oc1cccc2c1CCc1sc(S(=O)(=O)C(c3ccccc3)c3ccccc3)nc1-2)C(=O)[O-]. The summed E-state index contributed by atoms with van der Waals surface area (Å²) in [5.41, 5.74) is 3.59. The summed E-state index contributed by atoms with van der Waals surface area (Å²) < 4.78 is 33.9. The Balaban J connectivity index is 1.58. The van der Waals surface area contributed by atoms with Gasteiger partial charge in [0.25, 0.3) is 0 Å². The number of ether oxygens (including phenoxy) is 1. The van der Waals surface area contributed by atoms with Gasteiger partial charge in [-0.15, -0.1) is 11.3 Å². The fraction of sp³-hybridized carbons (Fsp3) is 0.214. The van der Waals surface area contributed by atoms with Crippen LogP contribution in [0, 0.1) is 0 Å². The van der Waals surface area contributed by atoms with Gasteiger partial charge in [-0.05, 0) is 36.5 Å². The molecule has 0 N–H and O–H groups in total. The molecule has 36 heavy (non-hydrogen) atoms. The number of aliphatic carboxylic acids is 1. The van der Waals surface area contributed by atoms with Crippen molar-refractivity contribution < 1.29 is 23.1 Å². The standard InChI is InChI=1S/C28H25NO5S2/c1-2-22(27(30)31)34-23-15-9-14-21-20(23)16-17-24-25(21)29-28(35-24)36(32,33)26(18-10-5-3-6-11-18)19-12-7-4-8-13-19/h3-15,22,26H,2,16-17H2,1H3,(H,30,31)/p-1. The molecule has 1 aromatic heterocycles. The first-order valence-electron chi connectivity index (χ1n) is 11.7. The van der Waals surface area contributed by atoms with Crippen LogP contribution in [0.5, 0.6) is 5.75 Å². The molecule has 1 aliphatic carbocycles. The summed E-state index contributed by atoms with van der Waals surface area (Å²) in [4.78, 5) is 17.0. The van der Waals surface area contributed by atoms with Gasteiger partial charge in [0.2, 0.25) is 14.2 Å². The van der Waals surface area contributed by atoms with E-state index in [9.17, 15) is 18.3 Å². The van der Waals surface area contributed by atoms with E-state index in [1.807, 2.05) is 66.7 Å². The van der Waals surface area contributed by atoms with E-state index in [-0.39, 0.29) is 10.8 Å². The maximum Gasteiger partial charge on any atom is 0.216 e. The van der Waals surface area contributed by atoms with E-state index in [4.69, 9.17) is 4.74 Å². The Bertz CT molecular complexity index is 1460. The van der Waals surface area contributed by atoms with E-state index < -0.39 is 27.2 Å². The molecule has 0 saturated carbocycles. The van der Waals surface area contributed by atoms with E-state index in [2.05, 4.69) is 4.98 Å². The molecular formula is C28H24NO5S2-. The second-order valence-electron chi connectivity index (χ2n) is 8.61. The number of benzene rings is 3. The van der Waals surface area contributed by atoms with Crippen LogP contribution in [0.1, 0.15) is 40.2 Å². The molecule has 0 saturated heterocycles. The van der Waals surface area contributed by atoms with Crippen molar-refractivity contribution in [2.45, 2.75) is 41.9 Å². The number of rotatable bonds is 8. The summed E-state index contributed by atoms with van der Waals surface area (Å²) in [6.07, 6.45) is 0.419. The van der Waals surface area contributed by atoms with E-state index in [0.717, 1.165) is 16.0 Å². The number of hydrogen-bond donors (Lipinski definition) is 0. The van der Waals surface area contributed by atoms with Crippen molar-refractivity contribution in [1.29, 1.82) is 0 Å². The molecule has 8 heteroatoms. The van der Waals surface area contributed by atoms with Crippen molar-refractivity contribution in [2.24, 2.45) is 0 Å². The van der Waals surface area contributed by atoms with Crippen molar-refractivity contribution in [1.82, 2.24) is 4.98 Å². The van der Waals surface area contributed by atoms with Gasteiger partial charge in [0.1, 0.15) is 17.1 Å². The fourth-order valence-corrected chi connectivity index (χ4v) is 7.89. The molecule has 0 bridgehead atoms. The van der Waals surface area contributed by atoms with Crippen molar-refractivity contribution in [2.75, 3.05) is 0 Å². The van der Waals surface area contributed by atoms with Gasteiger partial charge in [-0.1, -0.05) is 79.7 Å². The molecule has 4 aromatic rings. The van der Waals surface area contributed by atoms with Gasteiger partial charge in [0.15, 0.2) is 0 Å². The lowest BCUT2D eigenvalue weighted by Crippen LogP contribution is -2.39. The smallest absolute Gasteiger partial charge is 0.216 e. The summed E-state index contributed by atoms with van der Waals surface area (Å²) in [6, 6.07) is 23.7. The molecule has 1 unspecified atom stereocenters. The van der Waals surface area contributed by atoms with E-state index >= 15 is 0 Å². The van der Waals surface area contributed by atoms with Gasteiger partial charge in [0.05, 0.1) is 11.7 Å². The summed E-state index contributed by atoms with van der Waals surface area (Å²) >= 11 is 1.21. The third-order valence-corrected chi connectivity index (χ3v) is 9.93. The molecule has 0 amide bonds. The molecule has 0 fully saturated rings. The van der Waals surface area contributed by atoms with Gasteiger partial charge in [-0.3, -0.25) is 0 Å². The molecule has 3 aromatic carbocycles. The highest BCUT2D eigenvalue weighted by Gasteiger charge is 2.35. The van der Waals surface area contributed by atoms with Crippen LogP contribution in [-0.4, -0.2) is 25.5 Å². The maximum absolute atomic E-state index is 14.0. The van der Waals surface area contributed by atoms with Crippen LogP contribution in [0.25, 0.3) is 11.3 Å². The van der Waals surface area contributed by atoms with Gasteiger partial charge in [-0.2, -0.15) is 0 Å². The highest BCUT2D eigenvalue weighted by Crippen LogP contribution is 2.44. The Morgan fingerprint density at radius 2 is 1.61 bits per heavy atom. The minimum absolute atomic E-state index is 0.0746. The average Bonchev–Trinajstić information content (AvgIpc) is 3.34. The normalized spacial score (nSPS) is 13.6. The molecule has 184 valence electrons. The lowest BCUT2D eigenvalue weighted by Gasteiger charge is -2.23. The maximum atomic E-state index is 14.0. The average molecular weight is 519 g/mol. The predicted molar refractivity (Wildman–Crippen MR) is 137 cm³/mol. The number of nitrogens with zero attached hydrogens (tertiary/aromatic N) is 1. The van der Waals surface area contributed by atoms with Crippen LogP contribution in [-0.2, 0) is 27.5 Å². The summed E-state index contributed by atoms with van der Waals surface area (Å²) in [5.74, 6) is -0.792. The third kappa shape index (κ3) is 4.42. The first-order valence-corrected chi connectivity index (χ1v) is 14.1. The second kappa shape index (κ2) is 9.87. The Morgan fingerprint density at radius 3 is 2.19 bits per heavy atom. The van der Waals surface area contributed by atoms with Crippen LogP contribution >= 0.6 is 11.3 Å². The molecule has 0 radical (unpaired) electrons. The first-order chi connectivity index (χ1) is 17.4. The summed E-state index contributed by atoms with van der Waals surface area (Å²) in [7, 11) is -3.86. The van der Waals surface area contributed by atoms with Crippen LogP contribution in [0.4, 0.5) is 0 Å².